The molecule has 0 radical (unpaired) electrons. The lowest BCUT2D eigenvalue weighted by Crippen LogP contribution is -2.04. The van der Waals surface area contributed by atoms with Gasteiger partial charge in [0.1, 0.15) is 5.82 Å². The first-order valence-electron chi connectivity index (χ1n) is 7.75. The first-order valence-corrected chi connectivity index (χ1v) is 7.75. The number of rotatable bonds is 7. The summed E-state index contributed by atoms with van der Waals surface area (Å²) in [5.41, 5.74) is 2.16. The molecule has 1 aromatic carbocycles. The van der Waals surface area contributed by atoms with Crippen molar-refractivity contribution in [1.29, 1.82) is 0 Å². The van der Waals surface area contributed by atoms with Gasteiger partial charge < -0.3 is 9.67 Å². The number of fused-ring (bicyclic) bond motifs is 1. The van der Waals surface area contributed by atoms with E-state index in [1.54, 1.807) is 12.1 Å². The fourth-order valence-corrected chi connectivity index (χ4v) is 2.65. The van der Waals surface area contributed by atoms with E-state index < -0.39 is 5.97 Å². The third-order valence-corrected chi connectivity index (χ3v) is 3.80. The van der Waals surface area contributed by atoms with Gasteiger partial charge in [-0.25, -0.2) is 9.78 Å². The quantitative estimate of drug-likeness (QED) is 0.780. The van der Waals surface area contributed by atoms with E-state index in [9.17, 15) is 4.79 Å². The molecular formula is C17H24N2O2. The highest BCUT2D eigenvalue weighted by atomic mass is 16.4. The standard InChI is InChI=1S/C17H24N2O2/c1-4-16-18-14-9-8-13(17(20)21)11-15(14)19(16)10-6-5-7-12(2)3/h8-9,11-12H,4-7,10H2,1-3H3,(H,20,21). The van der Waals surface area contributed by atoms with Crippen LogP contribution in [0.1, 0.15) is 56.2 Å². The molecule has 4 nitrogen and oxygen atoms in total. The second kappa shape index (κ2) is 6.74. The Hall–Kier alpha value is -1.84. The van der Waals surface area contributed by atoms with E-state index in [-0.39, 0.29) is 0 Å². The smallest absolute Gasteiger partial charge is 0.335 e. The molecule has 0 atom stereocenters. The van der Waals surface area contributed by atoms with Crippen LogP contribution in [0.4, 0.5) is 0 Å². The summed E-state index contributed by atoms with van der Waals surface area (Å²) in [6, 6.07) is 5.18. The lowest BCUT2D eigenvalue weighted by Gasteiger charge is -2.09. The van der Waals surface area contributed by atoms with Crippen molar-refractivity contribution in [3.8, 4) is 0 Å². The monoisotopic (exact) mass is 288 g/mol. The minimum atomic E-state index is -0.887. The third-order valence-electron chi connectivity index (χ3n) is 3.80. The number of carbonyl (C=O) groups is 1. The molecular weight excluding hydrogens is 264 g/mol. The highest BCUT2D eigenvalue weighted by Crippen LogP contribution is 2.20. The van der Waals surface area contributed by atoms with E-state index in [4.69, 9.17) is 5.11 Å². The Morgan fingerprint density at radius 1 is 1.33 bits per heavy atom. The topological polar surface area (TPSA) is 55.1 Å². The maximum atomic E-state index is 11.1. The first kappa shape index (κ1) is 15.5. The lowest BCUT2D eigenvalue weighted by molar-refractivity contribution is 0.0697. The number of imidazole rings is 1. The molecule has 0 saturated heterocycles. The number of aromatic carboxylic acids is 1. The summed E-state index contributed by atoms with van der Waals surface area (Å²) in [5, 5.41) is 9.14. The Morgan fingerprint density at radius 3 is 2.71 bits per heavy atom. The predicted molar refractivity (Wildman–Crippen MR) is 84.8 cm³/mol. The second-order valence-corrected chi connectivity index (χ2v) is 5.93. The Labute approximate surface area is 125 Å². The molecule has 0 spiro atoms. The van der Waals surface area contributed by atoms with E-state index in [1.807, 2.05) is 6.07 Å². The highest BCUT2D eigenvalue weighted by Gasteiger charge is 2.12. The number of nitrogens with zero attached hydrogens (tertiary/aromatic N) is 2. The summed E-state index contributed by atoms with van der Waals surface area (Å²) < 4.78 is 2.18. The van der Waals surface area contributed by atoms with E-state index in [0.717, 1.165) is 42.2 Å². The molecule has 4 heteroatoms. The number of carboxylic acid groups (broad SMARTS) is 1. The van der Waals surface area contributed by atoms with Crippen LogP contribution >= 0.6 is 0 Å². The fraction of sp³-hybridized carbons (Fsp3) is 0.529. The van der Waals surface area contributed by atoms with Gasteiger partial charge in [-0.15, -0.1) is 0 Å². The molecule has 2 rings (SSSR count). The minimum Gasteiger partial charge on any atom is -0.478 e. The number of unbranched alkanes of at least 4 members (excludes halogenated alkanes) is 1. The normalized spacial score (nSPS) is 11.4. The Kier molecular flexibility index (Phi) is 4.99. The van der Waals surface area contributed by atoms with Gasteiger partial charge in [-0.05, 0) is 30.5 Å². The first-order chi connectivity index (χ1) is 10.0. The van der Waals surface area contributed by atoms with Crippen molar-refractivity contribution < 1.29 is 9.90 Å². The van der Waals surface area contributed by atoms with Crippen LogP contribution in [-0.4, -0.2) is 20.6 Å². The molecule has 114 valence electrons. The van der Waals surface area contributed by atoms with Crippen molar-refractivity contribution in [1.82, 2.24) is 9.55 Å². The van der Waals surface area contributed by atoms with Gasteiger partial charge in [-0.3, -0.25) is 0 Å². The van der Waals surface area contributed by atoms with Crippen LogP contribution in [0, 0.1) is 5.92 Å². The van der Waals surface area contributed by atoms with Crippen molar-refractivity contribution in [2.24, 2.45) is 5.92 Å². The number of aryl methyl sites for hydroxylation is 2. The van der Waals surface area contributed by atoms with E-state index in [0.29, 0.717) is 5.56 Å². The van der Waals surface area contributed by atoms with Crippen LogP contribution in [0.3, 0.4) is 0 Å². The number of benzene rings is 1. The zero-order chi connectivity index (χ0) is 15.4. The largest absolute Gasteiger partial charge is 0.478 e. The van der Waals surface area contributed by atoms with Crippen LogP contribution in [0.5, 0.6) is 0 Å². The molecule has 0 aliphatic carbocycles. The molecule has 1 heterocycles. The molecule has 1 N–H and O–H groups in total. The zero-order valence-electron chi connectivity index (χ0n) is 13.1. The molecule has 2 aromatic rings. The van der Waals surface area contributed by atoms with Crippen molar-refractivity contribution in [3.63, 3.8) is 0 Å². The van der Waals surface area contributed by atoms with Gasteiger partial charge in [0.05, 0.1) is 16.6 Å². The van der Waals surface area contributed by atoms with Gasteiger partial charge in [0.2, 0.25) is 0 Å². The molecule has 21 heavy (non-hydrogen) atoms. The highest BCUT2D eigenvalue weighted by molar-refractivity contribution is 5.92. The summed E-state index contributed by atoms with van der Waals surface area (Å²) in [7, 11) is 0. The average molecular weight is 288 g/mol. The van der Waals surface area contributed by atoms with Crippen LogP contribution in [0.15, 0.2) is 18.2 Å². The van der Waals surface area contributed by atoms with Crippen LogP contribution in [-0.2, 0) is 13.0 Å². The van der Waals surface area contributed by atoms with Gasteiger partial charge in [0.15, 0.2) is 0 Å². The van der Waals surface area contributed by atoms with Gasteiger partial charge in [0.25, 0.3) is 0 Å². The maximum absolute atomic E-state index is 11.1. The maximum Gasteiger partial charge on any atom is 0.335 e. The van der Waals surface area contributed by atoms with E-state index in [2.05, 4.69) is 30.3 Å². The van der Waals surface area contributed by atoms with Gasteiger partial charge in [0, 0.05) is 13.0 Å². The average Bonchev–Trinajstić information content (AvgIpc) is 2.80. The Balaban J connectivity index is 2.26. The molecule has 0 saturated carbocycles. The number of hydrogen-bond donors (Lipinski definition) is 1. The summed E-state index contributed by atoms with van der Waals surface area (Å²) in [6.45, 7) is 7.48. The number of hydrogen-bond acceptors (Lipinski definition) is 2. The number of aromatic nitrogens is 2. The van der Waals surface area contributed by atoms with Crippen molar-refractivity contribution in [2.45, 2.75) is 53.0 Å². The molecule has 0 bridgehead atoms. The van der Waals surface area contributed by atoms with Crippen LogP contribution in [0.25, 0.3) is 11.0 Å². The third kappa shape index (κ3) is 3.63. The predicted octanol–water partition coefficient (Wildman–Crippen LogP) is 4.12. The second-order valence-electron chi connectivity index (χ2n) is 5.93. The lowest BCUT2D eigenvalue weighted by atomic mass is 10.1. The Morgan fingerprint density at radius 2 is 2.10 bits per heavy atom. The van der Waals surface area contributed by atoms with Crippen molar-refractivity contribution >= 4 is 17.0 Å². The van der Waals surface area contributed by atoms with Gasteiger partial charge >= 0.3 is 5.97 Å². The molecule has 0 aliphatic heterocycles. The summed E-state index contributed by atoms with van der Waals surface area (Å²) in [6.07, 6.45) is 4.39. The number of carboxylic acids is 1. The Bertz CT molecular complexity index is 629. The van der Waals surface area contributed by atoms with Gasteiger partial charge in [-0.1, -0.05) is 33.6 Å². The zero-order valence-corrected chi connectivity index (χ0v) is 13.1. The van der Waals surface area contributed by atoms with Gasteiger partial charge in [-0.2, -0.15) is 0 Å². The fourth-order valence-electron chi connectivity index (χ4n) is 2.65. The SMILES string of the molecule is CCc1nc2ccc(C(=O)O)cc2n1CCCCC(C)C. The van der Waals surface area contributed by atoms with Crippen LogP contribution < -0.4 is 0 Å². The summed E-state index contributed by atoms with van der Waals surface area (Å²) in [5.74, 6) is 0.883. The molecule has 0 fully saturated rings. The van der Waals surface area contributed by atoms with E-state index >= 15 is 0 Å². The summed E-state index contributed by atoms with van der Waals surface area (Å²) in [4.78, 5) is 15.8. The summed E-state index contributed by atoms with van der Waals surface area (Å²) >= 11 is 0. The van der Waals surface area contributed by atoms with E-state index in [1.165, 1.54) is 12.8 Å². The molecule has 1 aromatic heterocycles. The molecule has 0 unspecified atom stereocenters. The van der Waals surface area contributed by atoms with Crippen molar-refractivity contribution in [3.05, 3.63) is 29.6 Å². The van der Waals surface area contributed by atoms with Crippen LogP contribution in [0.2, 0.25) is 0 Å². The molecule has 0 aliphatic rings. The molecule has 0 amide bonds. The minimum absolute atomic E-state index is 0.327. The van der Waals surface area contributed by atoms with Crippen molar-refractivity contribution in [2.75, 3.05) is 0 Å².